The molecular formula is C14H23N5O3. The second-order valence-corrected chi connectivity index (χ2v) is 5.69. The second-order valence-electron chi connectivity index (χ2n) is 5.69. The van der Waals surface area contributed by atoms with Crippen LogP contribution in [0.5, 0.6) is 0 Å². The van der Waals surface area contributed by atoms with Crippen LogP contribution in [0.1, 0.15) is 25.7 Å². The van der Waals surface area contributed by atoms with Gasteiger partial charge in [-0.15, -0.1) is 0 Å². The summed E-state index contributed by atoms with van der Waals surface area (Å²) in [6.45, 7) is 3.03. The zero-order valence-electron chi connectivity index (χ0n) is 12.9. The Morgan fingerprint density at radius 2 is 2.23 bits per heavy atom. The normalized spacial score (nSPS) is 16.0. The SMILES string of the molecule is CNCCC1CCN(C(=O)CCn2cc([N+](=O)[O-])cn2)CC1. The quantitative estimate of drug-likeness (QED) is 0.600. The Balaban J connectivity index is 1.72. The highest BCUT2D eigenvalue weighted by Crippen LogP contribution is 2.20. The lowest BCUT2D eigenvalue weighted by molar-refractivity contribution is -0.385. The molecule has 2 heterocycles. The molecule has 1 amide bonds. The summed E-state index contributed by atoms with van der Waals surface area (Å²) in [5.41, 5.74) is -0.0437. The number of aryl methyl sites for hydroxylation is 1. The average Bonchev–Trinajstić information content (AvgIpc) is 3.00. The Morgan fingerprint density at radius 1 is 1.50 bits per heavy atom. The number of carbonyl (C=O) groups excluding carboxylic acids is 1. The molecule has 0 unspecified atom stereocenters. The molecule has 0 spiro atoms. The first kappa shape index (κ1) is 16.4. The predicted molar refractivity (Wildman–Crippen MR) is 81.3 cm³/mol. The van der Waals surface area contributed by atoms with Crippen molar-refractivity contribution in [2.24, 2.45) is 5.92 Å². The van der Waals surface area contributed by atoms with Crippen LogP contribution in [0.25, 0.3) is 0 Å². The number of nitrogens with zero attached hydrogens (tertiary/aromatic N) is 4. The third-order valence-corrected chi connectivity index (χ3v) is 4.16. The summed E-state index contributed by atoms with van der Waals surface area (Å²) in [5.74, 6) is 0.801. The Hall–Kier alpha value is -1.96. The summed E-state index contributed by atoms with van der Waals surface area (Å²) in [4.78, 5) is 24.2. The number of aromatic nitrogens is 2. The van der Waals surface area contributed by atoms with Gasteiger partial charge < -0.3 is 10.2 Å². The van der Waals surface area contributed by atoms with E-state index < -0.39 is 4.92 Å². The molecule has 1 aromatic heterocycles. The highest BCUT2D eigenvalue weighted by atomic mass is 16.6. The first-order valence-electron chi connectivity index (χ1n) is 7.69. The van der Waals surface area contributed by atoms with E-state index >= 15 is 0 Å². The lowest BCUT2D eigenvalue weighted by Crippen LogP contribution is -2.39. The molecule has 2 rings (SSSR count). The fourth-order valence-electron chi connectivity index (χ4n) is 2.76. The fourth-order valence-corrected chi connectivity index (χ4v) is 2.76. The van der Waals surface area contributed by atoms with Gasteiger partial charge in [0.2, 0.25) is 5.91 Å². The van der Waals surface area contributed by atoms with E-state index in [9.17, 15) is 14.9 Å². The smallest absolute Gasteiger partial charge is 0.306 e. The molecule has 122 valence electrons. The second kappa shape index (κ2) is 7.88. The Morgan fingerprint density at radius 3 is 2.82 bits per heavy atom. The molecule has 0 atom stereocenters. The highest BCUT2D eigenvalue weighted by molar-refractivity contribution is 5.76. The summed E-state index contributed by atoms with van der Waals surface area (Å²) >= 11 is 0. The van der Waals surface area contributed by atoms with Crippen LogP contribution in [-0.4, -0.2) is 52.2 Å². The van der Waals surface area contributed by atoms with E-state index in [1.54, 1.807) is 0 Å². The summed E-state index contributed by atoms with van der Waals surface area (Å²) in [5, 5.41) is 17.6. The van der Waals surface area contributed by atoms with Crippen LogP contribution in [0.15, 0.2) is 12.4 Å². The van der Waals surface area contributed by atoms with Crippen molar-refractivity contribution in [1.82, 2.24) is 20.0 Å². The summed E-state index contributed by atoms with van der Waals surface area (Å²) in [6.07, 6.45) is 6.17. The van der Waals surface area contributed by atoms with Crippen molar-refractivity contribution in [3.05, 3.63) is 22.5 Å². The van der Waals surface area contributed by atoms with Crippen molar-refractivity contribution in [3.63, 3.8) is 0 Å². The highest BCUT2D eigenvalue weighted by Gasteiger charge is 2.22. The number of nitrogens with one attached hydrogen (secondary N) is 1. The minimum absolute atomic E-state index is 0.0437. The largest absolute Gasteiger partial charge is 0.343 e. The molecule has 22 heavy (non-hydrogen) atoms. The molecule has 1 N–H and O–H groups in total. The number of hydrogen-bond donors (Lipinski definition) is 1. The summed E-state index contributed by atoms with van der Waals surface area (Å²) in [7, 11) is 1.96. The molecule has 1 aromatic rings. The van der Waals surface area contributed by atoms with Gasteiger partial charge in [0.15, 0.2) is 0 Å². The van der Waals surface area contributed by atoms with Crippen LogP contribution in [0, 0.1) is 16.0 Å². The van der Waals surface area contributed by atoms with E-state index in [1.807, 2.05) is 11.9 Å². The van der Waals surface area contributed by atoms with Crippen molar-refractivity contribution < 1.29 is 9.72 Å². The van der Waals surface area contributed by atoms with Crippen LogP contribution < -0.4 is 5.32 Å². The van der Waals surface area contributed by atoms with Crippen molar-refractivity contribution in [1.29, 1.82) is 0 Å². The van der Waals surface area contributed by atoms with Gasteiger partial charge in [0.25, 0.3) is 0 Å². The van der Waals surface area contributed by atoms with E-state index in [2.05, 4.69) is 10.4 Å². The van der Waals surface area contributed by atoms with Crippen molar-refractivity contribution in [2.75, 3.05) is 26.7 Å². The molecule has 0 radical (unpaired) electrons. The van der Waals surface area contributed by atoms with Gasteiger partial charge in [0, 0.05) is 26.1 Å². The minimum atomic E-state index is -0.485. The minimum Gasteiger partial charge on any atom is -0.343 e. The molecule has 0 bridgehead atoms. The maximum Gasteiger partial charge on any atom is 0.306 e. The first-order valence-corrected chi connectivity index (χ1v) is 7.69. The number of carbonyl (C=O) groups is 1. The van der Waals surface area contributed by atoms with Gasteiger partial charge in [-0.3, -0.25) is 19.6 Å². The van der Waals surface area contributed by atoms with Gasteiger partial charge in [-0.05, 0) is 38.8 Å². The Labute approximate surface area is 129 Å². The molecule has 8 heteroatoms. The maximum absolute atomic E-state index is 12.2. The Bertz CT molecular complexity index is 508. The van der Waals surface area contributed by atoms with Crippen LogP contribution in [0.2, 0.25) is 0 Å². The number of likely N-dealkylation sites (tertiary alicyclic amines) is 1. The molecule has 1 aliphatic heterocycles. The zero-order chi connectivity index (χ0) is 15.9. The molecule has 0 aromatic carbocycles. The molecule has 1 fully saturated rings. The number of piperidine rings is 1. The number of hydrogen-bond acceptors (Lipinski definition) is 5. The average molecular weight is 309 g/mol. The number of rotatable bonds is 7. The molecular weight excluding hydrogens is 286 g/mol. The van der Waals surface area contributed by atoms with Gasteiger partial charge in [-0.1, -0.05) is 0 Å². The molecule has 0 aliphatic carbocycles. The van der Waals surface area contributed by atoms with E-state index in [0.29, 0.717) is 18.9 Å². The maximum atomic E-state index is 12.2. The van der Waals surface area contributed by atoms with Gasteiger partial charge in [0.05, 0.1) is 4.92 Å². The van der Waals surface area contributed by atoms with Gasteiger partial charge in [-0.25, -0.2) is 0 Å². The topological polar surface area (TPSA) is 93.3 Å². The third kappa shape index (κ3) is 4.52. The summed E-state index contributed by atoms with van der Waals surface area (Å²) in [6, 6.07) is 0. The van der Waals surface area contributed by atoms with E-state index in [-0.39, 0.29) is 11.6 Å². The van der Waals surface area contributed by atoms with Crippen molar-refractivity contribution in [3.8, 4) is 0 Å². The predicted octanol–water partition coefficient (Wildman–Crippen LogP) is 1.03. The van der Waals surface area contributed by atoms with E-state index in [1.165, 1.54) is 17.1 Å². The van der Waals surface area contributed by atoms with Crippen molar-refractivity contribution >= 4 is 11.6 Å². The molecule has 8 nitrogen and oxygen atoms in total. The zero-order valence-corrected chi connectivity index (χ0v) is 12.9. The van der Waals surface area contributed by atoms with Crippen molar-refractivity contribution in [2.45, 2.75) is 32.2 Å². The van der Waals surface area contributed by atoms with Crippen LogP contribution in [-0.2, 0) is 11.3 Å². The van der Waals surface area contributed by atoms with Gasteiger partial charge >= 0.3 is 5.69 Å². The van der Waals surface area contributed by atoms with Crippen LogP contribution >= 0.6 is 0 Å². The molecule has 1 saturated heterocycles. The van der Waals surface area contributed by atoms with Gasteiger partial charge in [-0.2, -0.15) is 5.10 Å². The van der Waals surface area contributed by atoms with E-state index in [4.69, 9.17) is 0 Å². The Kier molecular flexibility index (Phi) is 5.88. The van der Waals surface area contributed by atoms with E-state index in [0.717, 1.165) is 38.9 Å². The number of amides is 1. The van der Waals surface area contributed by atoms with Crippen LogP contribution in [0.4, 0.5) is 5.69 Å². The lowest BCUT2D eigenvalue weighted by atomic mass is 9.93. The third-order valence-electron chi connectivity index (χ3n) is 4.16. The fraction of sp³-hybridized carbons (Fsp3) is 0.714. The van der Waals surface area contributed by atoms with Gasteiger partial charge in [0.1, 0.15) is 12.4 Å². The summed E-state index contributed by atoms with van der Waals surface area (Å²) < 4.78 is 1.45. The molecule has 1 aliphatic rings. The first-order chi connectivity index (χ1) is 10.6. The van der Waals surface area contributed by atoms with Crippen LogP contribution in [0.3, 0.4) is 0 Å². The number of nitro groups is 1. The monoisotopic (exact) mass is 309 g/mol. The lowest BCUT2D eigenvalue weighted by Gasteiger charge is -2.32. The standard InChI is InChI=1S/C14H23N5O3/c1-15-6-2-12-3-7-17(8-4-12)14(20)5-9-18-11-13(10-16-18)19(21)22/h10-12,15H,2-9H2,1H3. The molecule has 0 saturated carbocycles.